The molecule has 0 aromatic heterocycles. The first kappa shape index (κ1) is 10.0. The fourth-order valence-electron chi connectivity index (χ4n) is 1.82. The smallest absolute Gasteiger partial charge is 0.306 e. The zero-order valence-corrected chi connectivity index (χ0v) is 8.48. The van der Waals surface area contributed by atoms with E-state index < -0.39 is 0 Å². The number of benzene rings is 1. The van der Waals surface area contributed by atoms with Gasteiger partial charge in [0.2, 0.25) is 0 Å². The molecule has 0 amide bonds. The molecule has 1 unspecified atom stereocenters. The molecule has 0 radical (unpaired) electrons. The second-order valence-electron chi connectivity index (χ2n) is 3.87. The van der Waals surface area contributed by atoms with Crippen LogP contribution in [0.5, 0.6) is 5.75 Å². The van der Waals surface area contributed by atoms with Crippen molar-refractivity contribution in [1.82, 2.24) is 0 Å². The van der Waals surface area contributed by atoms with Crippen molar-refractivity contribution in [2.24, 2.45) is 0 Å². The molecular weight excluding hydrogens is 192 g/mol. The first-order valence-corrected chi connectivity index (χ1v) is 5.21. The maximum absolute atomic E-state index is 11.1. The van der Waals surface area contributed by atoms with Crippen LogP contribution in [0.25, 0.3) is 0 Å². The summed E-state index contributed by atoms with van der Waals surface area (Å²) in [6.07, 6.45) is 3.16. The summed E-state index contributed by atoms with van der Waals surface area (Å²) in [6, 6.07) is 7.02. The number of carbonyl (C=O) groups is 1. The first-order chi connectivity index (χ1) is 7.24. The average Bonchev–Trinajstić information content (AvgIpc) is 2.22. The quantitative estimate of drug-likeness (QED) is 0.753. The van der Waals surface area contributed by atoms with Crippen LogP contribution in [0.1, 0.15) is 24.8 Å². The third kappa shape index (κ3) is 2.72. The summed E-state index contributed by atoms with van der Waals surface area (Å²) < 4.78 is 5.22. The minimum atomic E-state index is -0.0926. The number of rotatable bonds is 2. The lowest BCUT2D eigenvalue weighted by Gasteiger charge is -2.22. The van der Waals surface area contributed by atoms with Gasteiger partial charge in [-0.2, -0.15) is 0 Å². The summed E-state index contributed by atoms with van der Waals surface area (Å²) in [4.78, 5) is 11.1. The molecule has 0 bridgehead atoms. The number of cyclic esters (lactones) is 1. The average molecular weight is 206 g/mol. The molecule has 0 aliphatic carbocycles. The number of carbonyl (C=O) groups excluding carboxylic acids is 1. The van der Waals surface area contributed by atoms with Crippen LogP contribution in [0.3, 0.4) is 0 Å². The van der Waals surface area contributed by atoms with E-state index in [-0.39, 0.29) is 17.8 Å². The van der Waals surface area contributed by atoms with Gasteiger partial charge in [0.05, 0.1) is 0 Å². The molecule has 1 aliphatic rings. The van der Waals surface area contributed by atoms with Crippen molar-refractivity contribution in [1.29, 1.82) is 0 Å². The van der Waals surface area contributed by atoms with Crippen LogP contribution in [0.4, 0.5) is 0 Å². The Morgan fingerprint density at radius 2 is 2.07 bits per heavy atom. The summed E-state index contributed by atoms with van der Waals surface area (Å²) in [7, 11) is 0. The molecule has 1 aromatic carbocycles. The Bertz CT molecular complexity index is 342. The Morgan fingerprint density at radius 3 is 2.73 bits per heavy atom. The largest absolute Gasteiger partial charge is 0.508 e. The summed E-state index contributed by atoms with van der Waals surface area (Å²) in [6.45, 7) is 0. The lowest BCUT2D eigenvalue weighted by atomic mass is 10.0. The minimum absolute atomic E-state index is 0.00999. The fraction of sp³-hybridized carbons (Fsp3) is 0.417. The maximum atomic E-state index is 11.1. The van der Waals surface area contributed by atoms with Gasteiger partial charge in [0.15, 0.2) is 0 Å². The Kier molecular flexibility index (Phi) is 2.90. The molecule has 1 fully saturated rings. The standard InChI is InChI=1S/C12H14O3/c13-10-6-4-9(5-7-10)8-11-2-1-3-12(14)15-11/h4-7,11,13H,1-3,8H2. The molecule has 1 N–H and O–H groups in total. The Labute approximate surface area is 88.7 Å². The number of hydrogen-bond acceptors (Lipinski definition) is 3. The number of phenols is 1. The van der Waals surface area contributed by atoms with E-state index in [0.29, 0.717) is 6.42 Å². The number of aromatic hydroxyl groups is 1. The van der Waals surface area contributed by atoms with Crippen molar-refractivity contribution >= 4 is 5.97 Å². The van der Waals surface area contributed by atoms with Gasteiger partial charge < -0.3 is 9.84 Å². The topological polar surface area (TPSA) is 46.5 Å². The second kappa shape index (κ2) is 4.34. The van der Waals surface area contributed by atoms with Crippen molar-refractivity contribution in [3.8, 4) is 5.75 Å². The van der Waals surface area contributed by atoms with Crippen molar-refractivity contribution in [3.05, 3.63) is 29.8 Å². The van der Waals surface area contributed by atoms with E-state index in [0.717, 1.165) is 24.8 Å². The van der Waals surface area contributed by atoms with Gasteiger partial charge in [-0.3, -0.25) is 4.79 Å². The fourth-order valence-corrected chi connectivity index (χ4v) is 1.82. The van der Waals surface area contributed by atoms with Crippen LogP contribution in [-0.2, 0) is 16.0 Å². The van der Waals surface area contributed by atoms with Crippen molar-refractivity contribution < 1.29 is 14.6 Å². The van der Waals surface area contributed by atoms with Crippen molar-refractivity contribution in [2.45, 2.75) is 31.8 Å². The van der Waals surface area contributed by atoms with Crippen LogP contribution >= 0.6 is 0 Å². The van der Waals surface area contributed by atoms with E-state index in [9.17, 15) is 4.79 Å². The zero-order valence-electron chi connectivity index (χ0n) is 8.48. The van der Waals surface area contributed by atoms with E-state index in [4.69, 9.17) is 9.84 Å². The molecule has 0 saturated carbocycles. The molecule has 1 heterocycles. The molecule has 1 atom stereocenters. The molecular formula is C12H14O3. The van der Waals surface area contributed by atoms with Gasteiger partial charge in [-0.25, -0.2) is 0 Å². The van der Waals surface area contributed by atoms with Crippen LogP contribution < -0.4 is 0 Å². The highest BCUT2D eigenvalue weighted by atomic mass is 16.5. The van der Waals surface area contributed by atoms with Crippen molar-refractivity contribution in [2.75, 3.05) is 0 Å². The van der Waals surface area contributed by atoms with Crippen molar-refractivity contribution in [3.63, 3.8) is 0 Å². The van der Waals surface area contributed by atoms with Gasteiger partial charge in [0.1, 0.15) is 11.9 Å². The first-order valence-electron chi connectivity index (χ1n) is 5.21. The monoisotopic (exact) mass is 206 g/mol. The van der Waals surface area contributed by atoms with E-state index in [1.165, 1.54) is 0 Å². The highest BCUT2D eigenvalue weighted by molar-refractivity contribution is 5.70. The van der Waals surface area contributed by atoms with Crippen LogP contribution in [0, 0.1) is 0 Å². The molecule has 3 nitrogen and oxygen atoms in total. The molecule has 3 heteroatoms. The van der Waals surface area contributed by atoms with Gasteiger partial charge in [0.25, 0.3) is 0 Å². The SMILES string of the molecule is O=C1CCCC(Cc2ccc(O)cc2)O1. The van der Waals surface area contributed by atoms with Crippen LogP contribution in [0.2, 0.25) is 0 Å². The third-order valence-electron chi connectivity index (χ3n) is 2.60. The molecule has 1 saturated heterocycles. The Morgan fingerprint density at radius 1 is 1.33 bits per heavy atom. The number of esters is 1. The number of ether oxygens (including phenoxy) is 1. The van der Waals surface area contributed by atoms with Gasteiger partial charge in [-0.15, -0.1) is 0 Å². The maximum Gasteiger partial charge on any atom is 0.306 e. The Balaban J connectivity index is 1.96. The zero-order chi connectivity index (χ0) is 10.7. The van der Waals surface area contributed by atoms with Gasteiger partial charge >= 0.3 is 5.97 Å². The summed E-state index contributed by atoms with van der Waals surface area (Å²) in [5.74, 6) is 0.171. The molecule has 15 heavy (non-hydrogen) atoms. The summed E-state index contributed by atoms with van der Waals surface area (Å²) in [5.41, 5.74) is 1.09. The van der Waals surface area contributed by atoms with E-state index in [1.54, 1.807) is 12.1 Å². The molecule has 1 aromatic rings. The molecule has 1 aliphatic heterocycles. The molecule has 0 spiro atoms. The molecule has 80 valence electrons. The van der Waals surface area contributed by atoms with Gasteiger partial charge in [-0.05, 0) is 30.5 Å². The van der Waals surface area contributed by atoms with Gasteiger partial charge in [-0.1, -0.05) is 12.1 Å². The number of phenolic OH excluding ortho intramolecular Hbond substituents is 1. The Hall–Kier alpha value is -1.51. The predicted molar refractivity (Wildman–Crippen MR) is 55.5 cm³/mol. The van der Waals surface area contributed by atoms with E-state index in [2.05, 4.69) is 0 Å². The minimum Gasteiger partial charge on any atom is -0.508 e. The highest BCUT2D eigenvalue weighted by Gasteiger charge is 2.20. The van der Waals surface area contributed by atoms with E-state index in [1.807, 2.05) is 12.1 Å². The third-order valence-corrected chi connectivity index (χ3v) is 2.60. The van der Waals surface area contributed by atoms with Gasteiger partial charge in [0, 0.05) is 12.8 Å². The summed E-state index contributed by atoms with van der Waals surface area (Å²) in [5, 5.41) is 9.12. The highest BCUT2D eigenvalue weighted by Crippen LogP contribution is 2.19. The van der Waals surface area contributed by atoms with Crippen LogP contribution in [0.15, 0.2) is 24.3 Å². The predicted octanol–water partition coefficient (Wildman–Crippen LogP) is 2.03. The normalized spacial score (nSPS) is 21.1. The van der Waals surface area contributed by atoms with Crippen LogP contribution in [-0.4, -0.2) is 17.2 Å². The molecule has 2 rings (SSSR count). The second-order valence-corrected chi connectivity index (χ2v) is 3.87. The number of hydrogen-bond donors (Lipinski definition) is 1. The lowest BCUT2D eigenvalue weighted by Crippen LogP contribution is -2.25. The summed E-state index contributed by atoms with van der Waals surface area (Å²) >= 11 is 0. The lowest BCUT2D eigenvalue weighted by molar-refractivity contribution is -0.153. The van der Waals surface area contributed by atoms with E-state index >= 15 is 0 Å².